The van der Waals surface area contributed by atoms with Gasteiger partial charge in [-0.25, -0.2) is 0 Å². The summed E-state index contributed by atoms with van der Waals surface area (Å²) in [7, 11) is 5.68. The van der Waals surface area contributed by atoms with Gasteiger partial charge in [0.15, 0.2) is 0 Å². The largest absolute Gasteiger partial charge is 0.469 e. The SMILES string of the molecule is COC(=O)CCC[C@@](C#Cc1ccc(C)cc1)(c1ccc(C)cc1)[C@](C#Cc1ccc(C)cc1)(CCCC(=O)OC)c1ccc(C)cc1.COC(=O)CCC[C@@](C#Cc1ccc(C)cc1)(c1ccc(C)cc1)[C@](C#Cc1ccc(C)cc1)(CCCC(=O)OC)c1ccc(C)cc1. The van der Waals surface area contributed by atoms with Crippen molar-refractivity contribution in [2.75, 3.05) is 28.4 Å². The highest BCUT2D eigenvalue weighted by Gasteiger charge is 2.53. The third kappa shape index (κ3) is 19.5. The van der Waals surface area contributed by atoms with Gasteiger partial charge in [0.2, 0.25) is 0 Å². The van der Waals surface area contributed by atoms with Gasteiger partial charge >= 0.3 is 23.9 Å². The van der Waals surface area contributed by atoms with Crippen LogP contribution >= 0.6 is 0 Å². The number of ether oxygens (including phenoxy) is 4. The molecule has 0 heterocycles. The smallest absolute Gasteiger partial charge is 0.305 e. The van der Waals surface area contributed by atoms with E-state index in [0.29, 0.717) is 51.4 Å². The molecule has 0 aliphatic rings. The van der Waals surface area contributed by atoms with Crippen molar-refractivity contribution in [3.05, 3.63) is 283 Å². The van der Waals surface area contributed by atoms with Crippen molar-refractivity contribution in [2.24, 2.45) is 0 Å². The first-order chi connectivity index (χ1) is 46.2. The lowest BCUT2D eigenvalue weighted by Gasteiger charge is -2.46. The highest BCUT2D eigenvalue weighted by molar-refractivity contribution is 5.71. The molecule has 0 unspecified atom stereocenters. The summed E-state index contributed by atoms with van der Waals surface area (Å²) in [5.74, 6) is 28.5. The molecule has 8 nitrogen and oxygen atoms in total. The van der Waals surface area contributed by atoms with Crippen molar-refractivity contribution in [3.8, 4) is 47.4 Å². The molecule has 0 spiro atoms. The molecule has 0 radical (unpaired) electrons. The zero-order chi connectivity index (χ0) is 69.1. The molecular weight excluding hydrogens is 1180 g/mol. The Bertz CT molecular complexity index is 3590. The van der Waals surface area contributed by atoms with Crippen LogP contribution < -0.4 is 0 Å². The van der Waals surface area contributed by atoms with Crippen LogP contribution in [-0.2, 0) is 59.8 Å². The fourth-order valence-electron chi connectivity index (χ4n) is 12.4. The van der Waals surface area contributed by atoms with Crippen molar-refractivity contribution in [2.45, 2.75) is 154 Å². The van der Waals surface area contributed by atoms with Crippen LogP contribution in [0.2, 0.25) is 0 Å². The molecule has 0 bridgehead atoms. The number of benzene rings is 8. The van der Waals surface area contributed by atoms with Gasteiger partial charge in [0.05, 0.1) is 50.1 Å². The average molecular weight is 1280 g/mol. The van der Waals surface area contributed by atoms with E-state index in [1.165, 1.54) is 28.4 Å². The van der Waals surface area contributed by atoms with Crippen LogP contribution in [-0.4, -0.2) is 52.3 Å². The molecule has 0 aliphatic carbocycles. The van der Waals surface area contributed by atoms with Crippen molar-refractivity contribution in [1.29, 1.82) is 0 Å². The number of esters is 4. The summed E-state index contributed by atoms with van der Waals surface area (Å²) in [6.45, 7) is 16.5. The van der Waals surface area contributed by atoms with Gasteiger partial charge in [-0.15, -0.1) is 0 Å². The fraction of sp³-hybridized carbons (Fsp3) is 0.318. The topological polar surface area (TPSA) is 105 Å². The van der Waals surface area contributed by atoms with E-state index in [9.17, 15) is 19.2 Å². The lowest BCUT2D eigenvalue weighted by molar-refractivity contribution is -0.141. The van der Waals surface area contributed by atoms with Gasteiger partial charge < -0.3 is 18.9 Å². The molecule has 8 aromatic rings. The summed E-state index contributed by atoms with van der Waals surface area (Å²) in [6.07, 6.45) is 5.19. The molecule has 0 fully saturated rings. The maximum atomic E-state index is 12.5. The molecule has 0 saturated carbocycles. The molecule has 8 aromatic carbocycles. The first-order valence-electron chi connectivity index (χ1n) is 33.2. The minimum Gasteiger partial charge on any atom is -0.469 e. The Kier molecular flexibility index (Phi) is 27.0. The Balaban J connectivity index is 0.000000271. The normalized spacial score (nSPS) is 13.0. The van der Waals surface area contributed by atoms with Crippen LogP contribution in [0.1, 0.15) is 166 Å². The van der Waals surface area contributed by atoms with Gasteiger partial charge in [0.1, 0.15) is 0 Å². The predicted molar refractivity (Wildman–Crippen MR) is 387 cm³/mol. The van der Waals surface area contributed by atoms with E-state index in [0.717, 1.165) is 89.0 Å². The summed E-state index contributed by atoms with van der Waals surface area (Å²) < 4.78 is 20.3. The second-order valence-corrected chi connectivity index (χ2v) is 25.3. The van der Waals surface area contributed by atoms with Gasteiger partial charge in [0, 0.05) is 47.9 Å². The quantitative estimate of drug-likeness (QED) is 0.0375. The van der Waals surface area contributed by atoms with Gasteiger partial charge in [-0.2, -0.15) is 0 Å². The molecule has 4 atom stereocenters. The summed E-state index contributed by atoms with van der Waals surface area (Å²) in [5.41, 5.74) is 13.2. The summed E-state index contributed by atoms with van der Waals surface area (Å²) in [4.78, 5) is 50.1. The van der Waals surface area contributed by atoms with E-state index in [2.05, 4.69) is 248 Å². The van der Waals surface area contributed by atoms with Crippen molar-refractivity contribution >= 4 is 23.9 Å². The lowest BCUT2D eigenvalue weighted by atomic mass is 9.53. The lowest BCUT2D eigenvalue weighted by Crippen LogP contribution is -2.48. The molecule has 0 aliphatic heterocycles. The highest BCUT2D eigenvalue weighted by Crippen LogP contribution is 2.53. The van der Waals surface area contributed by atoms with Crippen LogP contribution in [0.4, 0.5) is 0 Å². The van der Waals surface area contributed by atoms with Crippen molar-refractivity contribution in [1.82, 2.24) is 0 Å². The molecule has 96 heavy (non-hydrogen) atoms. The number of rotatable bonds is 22. The molecule has 0 N–H and O–H groups in total. The van der Waals surface area contributed by atoms with E-state index >= 15 is 0 Å². The summed E-state index contributed by atoms with van der Waals surface area (Å²) in [6, 6.07) is 66.9. The minimum absolute atomic E-state index is 0.244. The second kappa shape index (κ2) is 35.4. The minimum atomic E-state index is -0.900. The van der Waals surface area contributed by atoms with E-state index in [1.807, 2.05) is 48.5 Å². The Morgan fingerprint density at radius 3 is 0.542 bits per heavy atom. The van der Waals surface area contributed by atoms with Gasteiger partial charge in [-0.05, 0) is 178 Å². The Morgan fingerprint density at radius 1 is 0.250 bits per heavy atom. The van der Waals surface area contributed by atoms with Gasteiger partial charge in [-0.3, -0.25) is 19.2 Å². The Morgan fingerprint density at radius 2 is 0.396 bits per heavy atom. The van der Waals surface area contributed by atoms with E-state index < -0.39 is 21.7 Å². The van der Waals surface area contributed by atoms with E-state index in [-0.39, 0.29) is 49.6 Å². The number of hydrogen-bond donors (Lipinski definition) is 0. The molecule has 492 valence electrons. The van der Waals surface area contributed by atoms with Crippen LogP contribution in [0.3, 0.4) is 0 Å². The Hall–Kier alpha value is -10.1. The van der Waals surface area contributed by atoms with E-state index in [1.54, 1.807) is 0 Å². The zero-order valence-corrected chi connectivity index (χ0v) is 58.2. The number of carbonyl (C=O) groups is 4. The molecule has 8 heteroatoms. The van der Waals surface area contributed by atoms with Crippen LogP contribution in [0.5, 0.6) is 0 Å². The number of carbonyl (C=O) groups excluding carboxylic acids is 4. The fourth-order valence-corrected chi connectivity index (χ4v) is 12.4. The molecule has 8 rings (SSSR count). The van der Waals surface area contributed by atoms with Crippen LogP contribution in [0.25, 0.3) is 0 Å². The molecule has 0 aromatic heterocycles. The first-order valence-corrected chi connectivity index (χ1v) is 33.2. The molecule has 0 saturated heterocycles. The van der Waals surface area contributed by atoms with Crippen LogP contribution in [0, 0.1) is 103 Å². The first kappa shape index (κ1) is 73.3. The third-order valence-corrected chi connectivity index (χ3v) is 18.2. The molecule has 0 amide bonds. The second-order valence-electron chi connectivity index (χ2n) is 25.3. The van der Waals surface area contributed by atoms with Crippen LogP contribution in [0.15, 0.2) is 194 Å². The standard InChI is InChI=1S/2C44H46O4/c2*1-33-11-19-37(20-12-33)27-31-43(29-7-9-41(45)47-5,39-23-15-35(3)16-24-39)44(30-8-10-42(46)48-6,40-25-17-36(4)18-26-40)32-28-38-21-13-34(2)14-22-38/h2*11-26H,7-10,29-30H2,1-6H3/t2*43-,44+. The molecular formula is C88H92O8. The number of hydrogen-bond acceptors (Lipinski definition) is 8. The van der Waals surface area contributed by atoms with Crippen molar-refractivity contribution in [3.63, 3.8) is 0 Å². The summed E-state index contributed by atoms with van der Waals surface area (Å²) >= 11 is 0. The highest BCUT2D eigenvalue weighted by atomic mass is 16.5. The van der Waals surface area contributed by atoms with Gasteiger partial charge in [-0.1, -0.05) is 237 Å². The van der Waals surface area contributed by atoms with Crippen molar-refractivity contribution < 1.29 is 38.1 Å². The predicted octanol–water partition coefficient (Wildman–Crippen LogP) is 17.8. The average Bonchev–Trinajstić information content (AvgIpc) is 0.737. The monoisotopic (exact) mass is 1280 g/mol. The number of aryl methyl sites for hydroxylation is 8. The zero-order valence-electron chi connectivity index (χ0n) is 58.2. The summed E-state index contributed by atoms with van der Waals surface area (Å²) in [5, 5.41) is 0. The third-order valence-electron chi connectivity index (χ3n) is 18.2. The Labute approximate surface area is 572 Å². The van der Waals surface area contributed by atoms with E-state index in [4.69, 9.17) is 18.9 Å². The van der Waals surface area contributed by atoms with Gasteiger partial charge in [0.25, 0.3) is 0 Å². The number of methoxy groups -OCH3 is 4. The maximum absolute atomic E-state index is 12.5. The maximum Gasteiger partial charge on any atom is 0.305 e.